The quantitative estimate of drug-likeness (QED) is 0.362. The van der Waals surface area contributed by atoms with Crippen LogP contribution in [0.5, 0.6) is 5.75 Å². The molecule has 1 aliphatic heterocycles. The van der Waals surface area contributed by atoms with Crippen molar-refractivity contribution < 1.29 is 9.47 Å². The molecule has 1 heterocycles. The van der Waals surface area contributed by atoms with E-state index in [4.69, 9.17) is 9.47 Å². The van der Waals surface area contributed by atoms with E-state index in [1.54, 1.807) is 0 Å². The van der Waals surface area contributed by atoms with Gasteiger partial charge in [0.05, 0.1) is 18.3 Å². The van der Waals surface area contributed by atoms with Crippen molar-refractivity contribution in [3.63, 3.8) is 0 Å². The number of hydrogen-bond acceptors (Lipinski definition) is 2. The van der Waals surface area contributed by atoms with Crippen LogP contribution < -0.4 is 4.74 Å². The van der Waals surface area contributed by atoms with E-state index in [9.17, 15) is 0 Å². The number of ether oxygens (including phenoxy) is 2. The van der Waals surface area contributed by atoms with Gasteiger partial charge in [-0.3, -0.25) is 0 Å². The van der Waals surface area contributed by atoms with E-state index in [1.165, 1.54) is 12.8 Å². The minimum absolute atomic E-state index is 0.137. The van der Waals surface area contributed by atoms with E-state index < -0.39 is 0 Å². The Labute approximate surface area is 129 Å². The Morgan fingerprint density at radius 2 is 2.00 bits per heavy atom. The first-order chi connectivity index (χ1) is 10.1. The van der Waals surface area contributed by atoms with Gasteiger partial charge in [0.25, 0.3) is 0 Å². The monoisotopic (exact) mass is 288 g/mol. The fourth-order valence-corrected chi connectivity index (χ4v) is 2.49. The van der Waals surface area contributed by atoms with Crippen molar-refractivity contribution in [2.24, 2.45) is 5.92 Å². The summed E-state index contributed by atoms with van der Waals surface area (Å²) in [7, 11) is 0. The van der Waals surface area contributed by atoms with Gasteiger partial charge in [-0.1, -0.05) is 37.3 Å². The van der Waals surface area contributed by atoms with Crippen molar-refractivity contribution in [2.45, 2.75) is 58.2 Å². The van der Waals surface area contributed by atoms with Crippen molar-refractivity contribution in [2.75, 3.05) is 6.61 Å². The zero-order valence-electron chi connectivity index (χ0n) is 13.5. The molecule has 1 fully saturated rings. The first-order valence-electron chi connectivity index (χ1n) is 8.10. The molecule has 0 spiro atoms. The van der Waals surface area contributed by atoms with Crippen LogP contribution in [0.4, 0.5) is 0 Å². The fourth-order valence-electron chi connectivity index (χ4n) is 2.49. The molecule has 0 bridgehead atoms. The molecular formula is C19H28O2. The van der Waals surface area contributed by atoms with Crippen LogP contribution in [0.25, 0.3) is 0 Å². The molecule has 116 valence electrons. The summed E-state index contributed by atoms with van der Waals surface area (Å²) < 4.78 is 11.3. The lowest BCUT2D eigenvalue weighted by Gasteiger charge is -2.06. The Bertz CT molecular complexity index is 436. The maximum absolute atomic E-state index is 5.67. The zero-order chi connectivity index (χ0) is 15.1. The molecule has 2 atom stereocenters. The lowest BCUT2D eigenvalue weighted by atomic mass is 9.99. The standard InChI is InChI=1S/C19H28O2/c1-16(13-14-18-19(2,3)21-18)10-6-5-9-15-20-17-11-7-4-8-12-17/h4,6-8,10-12,16,18H,5,9,13-15H2,1-3H3. The molecule has 2 nitrogen and oxygen atoms in total. The first kappa shape index (κ1) is 16.1. The maximum Gasteiger partial charge on any atom is 0.119 e. The Morgan fingerprint density at radius 3 is 2.67 bits per heavy atom. The summed E-state index contributed by atoms with van der Waals surface area (Å²) in [5, 5.41) is 0. The van der Waals surface area contributed by atoms with Crippen molar-refractivity contribution in [3.8, 4) is 5.75 Å². The Morgan fingerprint density at radius 1 is 1.29 bits per heavy atom. The van der Waals surface area contributed by atoms with Crippen LogP contribution >= 0.6 is 0 Å². The molecule has 1 aromatic carbocycles. The number of rotatable bonds is 9. The predicted molar refractivity (Wildman–Crippen MR) is 87.7 cm³/mol. The lowest BCUT2D eigenvalue weighted by molar-refractivity contribution is 0.312. The van der Waals surface area contributed by atoms with Gasteiger partial charge in [-0.25, -0.2) is 0 Å². The molecule has 1 aliphatic rings. The van der Waals surface area contributed by atoms with Gasteiger partial charge in [0.1, 0.15) is 5.75 Å². The van der Waals surface area contributed by atoms with Gasteiger partial charge in [0, 0.05) is 0 Å². The van der Waals surface area contributed by atoms with E-state index >= 15 is 0 Å². The van der Waals surface area contributed by atoms with E-state index in [0.717, 1.165) is 25.2 Å². The number of unbranched alkanes of at least 4 members (excludes halogenated alkanes) is 1. The molecule has 0 aromatic heterocycles. The molecule has 2 unspecified atom stereocenters. The zero-order valence-corrected chi connectivity index (χ0v) is 13.5. The van der Waals surface area contributed by atoms with E-state index in [0.29, 0.717) is 12.0 Å². The second-order valence-corrected chi connectivity index (χ2v) is 6.50. The molecule has 2 rings (SSSR count). The number of allylic oxidation sites excluding steroid dienone is 2. The van der Waals surface area contributed by atoms with Crippen LogP contribution in [0.1, 0.15) is 46.5 Å². The minimum Gasteiger partial charge on any atom is -0.494 e. The summed E-state index contributed by atoms with van der Waals surface area (Å²) in [6.45, 7) is 7.41. The summed E-state index contributed by atoms with van der Waals surface area (Å²) in [4.78, 5) is 0. The van der Waals surface area contributed by atoms with Gasteiger partial charge in [-0.15, -0.1) is 0 Å². The number of para-hydroxylation sites is 1. The largest absolute Gasteiger partial charge is 0.494 e. The van der Waals surface area contributed by atoms with Crippen LogP contribution in [0, 0.1) is 5.92 Å². The molecular weight excluding hydrogens is 260 g/mol. The van der Waals surface area contributed by atoms with Gasteiger partial charge in [0.15, 0.2) is 0 Å². The highest BCUT2D eigenvalue weighted by Gasteiger charge is 2.46. The van der Waals surface area contributed by atoms with Crippen molar-refractivity contribution >= 4 is 0 Å². The Balaban J connectivity index is 1.50. The van der Waals surface area contributed by atoms with Gasteiger partial charge in [0.2, 0.25) is 0 Å². The van der Waals surface area contributed by atoms with E-state index in [2.05, 4.69) is 32.9 Å². The highest BCUT2D eigenvalue weighted by atomic mass is 16.6. The van der Waals surface area contributed by atoms with E-state index in [-0.39, 0.29) is 5.60 Å². The predicted octanol–water partition coefficient (Wildman–Crippen LogP) is 5.00. The Hall–Kier alpha value is -1.28. The molecule has 0 aliphatic carbocycles. The summed E-state index contributed by atoms with van der Waals surface area (Å²) in [6, 6.07) is 10.0. The molecule has 1 aromatic rings. The first-order valence-corrected chi connectivity index (χ1v) is 8.10. The normalized spacial score (nSPS) is 21.4. The molecule has 0 N–H and O–H groups in total. The summed E-state index contributed by atoms with van der Waals surface area (Å²) >= 11 is 0. The number of benzene rings is 1. The van der Waals surface area contributed by atoms with Crippen LogP contribution in [0.2, 0.25) is 0 Å². The summed E-state index contributed by atoms with van der Waals surface area (Å²) in [5.74, 6) is 1.60. The molecule has 0 radical (unpaired) electrons. The highest BCUT2D eigenvalue weighted by Crippen LogP contribution is 2.39. The van der Waals surface area contributed by atoms with Crippen LogP contribution in [0.3, 0.4) is 0 Å². The van der Waals surface area contributed by atoms with Gasteiger partial charge in [-0.2, -0.15) is 0 Å². The van der Waals surface area contributed by atoms with Crippen molar-refractivity contribution in [3.05, 3.63) is 42.5 Å². The minimum atomic E-state index is 0.137. The molecule has 2 heteroatoms. The average molecular weight is 288 g/mol. The smallest absolute Gasteiger partial charge is 0.119 e. The Kier molecular flexibility index (Phi) is 5.86. The van der Waals surface area contributed by atoms with Gasteiger partial charge < -0.3 is 9.47 Å². The van der Waals surface area contributed by atoms with Crippen molar-refractivity contribution in [1.29, 1.82) is 0 Å². The molecule has 1 saturated heterocycles. The third-order valence-corrected chi connectivity index (χ3v) is 4.04. The van der Waals surface area contributed by atoms with Crippen molar-refractivity contribution in [1.82, 2.24) is 0 Å². The SMILES string of the molecule is CC(C=CCCCOc1ccccc1)CCC1OC1(C)C. The number of hydrogen-bond donors (Lipinski definition) is 0. The van der Waals surface area contributed by atoms with E-state index in [1.807, 2.05) is 30.3 Å². The lowest BCUT2D eigenvalue weighted by Crippen LogP contribution is -2.04. The second-order valence-electron chi connectivity index (χ2n) is 6.50. The maximum atomic E-state index is 5.67. The molecule has 0 saturated carbocycles. The third kappa shape index (κ3) is 5.92. The fraction of sp³-hybridized carbons (Fsp3) is 0.579. The van der Waals surface area contributed by atoms with Gasteiger partial charge in [-0.05, 0) is 57.6 Å². The van der Waals surface area contributed by atoms with Gasteiger partial charge >= 0.3 is 0 Å². The summed E-state index contributed by atoms with van der Waals surface area (Å²) in [5.41, 5.74) is 0.137. The molecule has 21 heavy (non-hydrogen) atoms. The molecule has 0 amide bonds. The second kappa shape index (κ2) is 7.65. The average Bonchev–Trinajstić information content (AvgIpc) is 3.09. The van der Waals surface area contributed by atoms with Crippen LogP contribution in [-0.2, 0) is 4.74 Å². The summed E-state index contributed by atoms with van der Waals surface area (Å²) in [6.07, 6.45) is 9.64. The van der Waals surface area contributed by atoms with Crippen LogP contribution in [-0.4, -0.2) is 18.3 Å². The van der Waals surface area contributed by atoms with Crippen LogP contribution in [0.15, 0.2) is 42.5 Å². The third-order valence-electron chi connectivity index (χ3n) is 4.04. The topological polar surface area (TPSA) is 21.8 Å². The number of epoxide rings is 1. The highest BCUT2D eigenvalue weighted by molar-refractivity contribution is 5.20.